The molecule has 2 heterocycles. The van der Waals surface area contributed by atoms with Gasteiger partial charge in [0.2, 0.25) is 0 Å². The number of carbonyl (C=O) groups excluding carboxylic acids is 2. The zero-order valence-electron chi connectivity index (χ0n) is 27.2. The molecule has 0 spiro atoms. The quantitative estimate of drug-likeness (QED) is 0.176. The van der Waals surface area contributed by atoms with E-state index in [0.717, 1.165) is 0 Å². The molecule has 0 unspecified atom stereocenters. The maximum absolute atomic E-state index is 13.4. The van der Waals surface area contributed by atoms with Crippen molar-refractivity contribution < 1.29 is 18.4 Å². The molecule has 0 saturated carbocycles. The van der Waals surface area contributed by atoms with Crippen LogP contribution in [0.3, 0.4) is 0 Å². The number of nitrogens with zero attached hydrogens (tertiary/aromatic N) is 2. The van der Waals surface area contributed by atoms with Gasteiger partial charge in [-0.1, -0.05) is 0 Å². The van der Waals surface area contributed by atoms with Crippen LogP contribution in [0.15, 0.2) is 0 Å². The molecule has 0 N–H and O–H groups in total. The number of amides is 2. The topological polar surface area (TPSA) is 59.1 Å². The first kappa shape index (κ1) is 35.6. The Bertz CT molecular complexity index is 978. The monoisotopic (exact) mass is 720 g/mol. The fourth-order valence-electron chi connectivity index (χ4n) is 4.40. The predicted octanol–water partition coefficient (Wildman–Crippen LogP) is 4.75. The molecule has 226 valence electrons. The second kappa shape index (κ2) is 13.4. The molecular formula is C30H52N2O4Se2Si2. The molecule has 2 saturated heterocycles. The Balaban J connectivity index is 2.27. The fraction of sp³-hybridized carbons (Fsp3) is 0.800. The van der Waals surface area contributed by atoms with E-state index in [1.807, 2.05) is 23.6 Å². The van der Waals surface area contributed by atoms with Crippen molar-refractivity contribution >= 4 is 54.7 Å². The summed E-state index contributed by atoms with van der Waals surface area (Å²) in [5.74, 6) is 12.1. The summed E-state index contributed by atoms with van der Waals surface area (Å²) in [5.41, 5.74) is 0. The molecule has 0 radical (unpaired) electrons. The zero-order chi connectivity index (χ0) is 30.8. The van der Waals surface area contributed by atoms with Crippen molar-refractivity contribution in [2.24, 2.45) is 11.8 Å². The Labute approximate surface area is 258 Å². The molecule has 0 aromatic heterocycles. The van der Waals surface area contributed by atoms with E-state index in [4.69, 9.17) is 8.85 Å². The Morgan fingerprint density at radius 1 is 0.725 bits per heavy atom. The Hall–Kier alpha value is -0.547. The van der Waals surface area contributed by atoms with Gasteiger partial charge in [0.25, 0.3) is 0 Å². The summed E-state index contributed by atoms with van der Waals surface area (Å²) in [6.07, 6.45) is -0.271. The Morgan fingerprint density at radius 2 is 1.02 bits per heavy atom. The molecule has 2 aliphatic rings. The van der Waals surface area contributed by atoms with E-state index in [1.54, 1.807) is 0 Å². The summed E-state index contributed by atoms with van der Waals surface area (Å²) >= 11 is 0.286. The molecule has 0 aliphatic carbocycles. The van der Waals surface area contributed by atoms with Gasteiger partial charge in [0.05, 0.1) is 0 Å². The van der Waals surface area contributed by atoms with Crippen LogP contribution in [0.5, 0.6) is 0 Å². The average molecular weight is 719 g/mol. The van der Waals surface area contributed by atoms with Crippen LogP contribution in [-0.4, -0.2) is 99.7 Å². The molecule has 10 heteroatoms. The van der Waals surface area contributed by atoms with Gasteiger partial charge in [0.15, 0.2) is 0 Å². The first-order chi connectivity index (χ1) is 18.2. The maximum atomic E-state index is 13.4. The summed E-state index contributed by atoms with van der Waals surface area (Å²) in [4.78, 5) is 30.9. The summed E-state index contributed by atoms with van der Waals surface area (Å²) in [6.45, 7) is 31.1. The van der Waals surface area contributed by atoms with E-state index >= 15 is 0 Å². The SMILES string of the molecule is CC#CCN1C(=O)[C@H]([C@@H](C)O[Si](C)(C)C(C)(C)C)[C@H]1[Se][Se][C@@H]1[C@@H]([C@@H](C)O[Si](C)(C)C(C)(C)C)C(=O)N1CC#CC. The van der Waals surface area contributed by atoms with Crippen LogP contribution < -0.4 is 0 Å². The van der Waals surface area contributed by atoms with Crippen LogP contribution in [0, 0.1) is 35.5 Å². The van der Waals surface area contributed by atoms with Gasteiger partial charge in [0.1, 0.15) is 0 Å². The van der Waals surface area contributed by atoms with Gasteiger partial charge in [0, 0.05) is 0 Å². The first-order valence-corrected chi connectivity index (χ1v) is 26.4. The van der Waals surface area contributed by atoms with Crippen molar-refractivity contribution in [3.63, 3.8) is 0 Å². The third-order valence-corrected chi connectivity index (χ3v) is 27.1. The predicted molar refractivity (Wildman–Crippen MR) is 172 cm³/mol. The van der Waals surface area contributed by atoms with Gasteiger partial charge in [-0.2, -0.15) is 0 Å². The normalized spacial score (nSPS) is 25.2. The summed E-state index contributed by atoms with van der Waals surface area (Å²) < 4.78 is 13.4. The van der Waals surface area contributed by atoms with Gasteiger partial charge in [-0.15, -0.1) is 0 Å². The van der Waals surface area contributed by atoms with E-state index in [1.165, 1.54) is 0 Å². The van der Waals surface area contributed by atoms with Crippen LogP contribution in [0.4, 0.5) is 0 Å². The van der Waals surface area contributed by atoms with E-state index < -0.39 is 16.6 Å². The van der Waals surface area contributed by atoms with E-state index in [0.29, 0.717) is 13.1 Å². The molecule has 0 bridgehead atoms. The van der Waals surface area contributed by atoms with Crippen molar-refractivity contribution in [3.8, 4) is 23.7 Å². The molecule has 0 aromatic carbocycles. The zero-order valence-corrected chi connectivity index (χ0v) is 32.6. The van der Waals surface area contributed by atoms with Crippen LogP contribution in [0.2, 0.25) is 36.3 Å². The molecular weight excluding hydrogens is 666 g/mol. The Kier molecular flexibility index (Phi) is 11.9. The number of carbonyl (C=O) groups is 2. The summed E-state index contributed by atoms with van der Waals surface area (Å²) in [7, 11) is -4.05. The molecule has 0 aromatic rings. The number of hydrogen-bond acceptors (Lipinski definition) is 4. The number of likely N-dealkylation sites (tertiary alicyclic amines) is 2. The Morgan fingerprint density at radius 3 is 1.27 bits per heavy atom. The van der Waals surface area contributed by atoms with Crippen molar-refractivity contribution in [2.45, 2.75) is 128 Å². The third-order valence-electron chi connectivity index (χ3n) is 9.06. The summed E-state index contributed by atoms with van der Waals surface area (Å²) in [6, 6.07) is 0. The number of rotatable bonds is 11. The minimum absolute atomic E-state index is 0.0760. The molecule has 6 nitrogen and oxygen atoms in total. The standard InChI is InChI=1S/C30H52N2O4Se2Si2/c1-15-17-19-31-25(33)23(21(3)35-39(11,12)29(5,6)7)27(31)37-38-28-24(26(34)32(28)20-18-16-2)22(4)36-40(13,14)30(8,9)10/h21-24,27-28H,19-20H2,1-14H3/t21-,22-,23+,24+,27-,28-/m1/s1. The fourth-order valence-corrected chi connectivity index (χ4v) is 18.2. The molecule has 2 fully saturated rings. The van der Waals surface area contributed by atoms with Gasteiger partial charge >= 0.3 is 259 Å². The van der Waals surface area contributed by atoms with Crippen LogP contribution in [-0.2, 0) is 18.4 Å². The van der Waals surface area contributed by atoms with Crippen molar-refractivity contribution in [3.05, 3.63) is 0 Å². The molecule has 2 aliphatic heterocycles. The average Bonchev–Trinajstić information content (AvgIpc) is 2.78. The van der Waals surface area contributed by atoms with Crippen LogP contribution in [0.25, 0.3) is 0 Å². The van der Waals surface area contributed by atoms with Crippen molar-refractivity contribution in [1.29, 1.82) is 0 Å². The summed E-state index contributed by atoms with van der Waals surface area (Å²) in [5, 5.41) is 0.152. The number of β-lactam (4-membered cyclic amide) rings is 2. The van der Waals surface area contributed by atoms with Gasteiger partial charge < -0.3 is 0 Å². The molecule has 2 amide bonds. The third kappa shape index (κ3) is 7.69. The van der Waals surface area contributed by atoms with Crippen molar-refractivity contribution in [2.75, 3.05) is 13.1 Å². The molecule has 40 heavy (non-hydrogen) atoms. The first-order valence-electron chi connectivity index (χ1n) is 14.3. The molecule has 2 rings (SSSR count). The van der Waals surface area contributed by atoms with Crippen LogP contribution >= 0.6 is 0 Å². The minimum atomic E-state index is -2.03. The van der Waals surface area contributed by atoms with Crippen LogP contribution in [0.1, 0.15) is 69.2 Å². The van der Waals surface area contributed by atoms with E-state index in [2.05, 4.69) is 105 Å². The van der Waals surface area contributed by atoms with E-state index in [-0.39, 0.29) is 82.1 Å². The number of hydrogen-bond donors (Lipinski definition) is 0. The second-order valence-corrected chi connectivity index (χ2v) is 30.5. The van der Waals surface area contributed by atoms with Gasteiger partial charge in [-0.05, 0) is 0 Å². The van der Waals surface area contributed by atoms with E-state index in [9.17, 15) is 9.59 Å². The second-order valence-electron chi connectivity index (χ2n) is 14.0. The van der Waals surface area contributed by atoms with Gasteiger partial charge in [-0.3, -0.25) is 0 Å². The van der Waals surface area contributed by atoms with Crippen molar-refractivity contribution in [1.82, 2.24) is 9.80 Å². The van der Waals surface area contributed by atoms with Gasteiger partial charge in [-0.25, -0.2) is 0 Å². The molecule has 6 atom stereocenters.